The fourth-order valence-corrected chi connectivity index (χ4v) is 3.63. The third-order valence-electron chi connectivity index (χ3n) is 6.09. The Hall–Kier alpha value is -0.950. The van der Waals surface area contributed by atoms with Crippen LogP contribution < -0.4 is 0 Å². The van der Waals surface area contributed by atoms with Crippen LogP contribution >= 0.6 is 12.6 Å². The second-order valence-corrected chi connectivity index (χ2v) is 9.97. The molecule has 158 valence electrons. The van der Waals surface area contributed by atoms with Crippen molar-refractivity contribution < 1.29 is 0 Å². The maximum Gasteiger partial charge on any atom is -0.0150 e. The molecule has 1 saturated carbocycles. The molecule has 0 bridgehead atoms. The largest absolute Gasteiger partial charge is 0.183 e. The van der Waals surface area contributed by atoms with Gasteiger partial charge in [-0.2, -0.15) is 12.6 Å². The molecule has 1 fully saturated rings. The lowest BCUT2D eigenvalue weighted by atomic mass is 9.89. The van der Waals surface area contributed by atoms with Crippen molar-refractivity contribution in [2.75, 3.05) is 6.26 Å². The number of fused-ring (bicyclic) bond motifs is 1. The second-order valence-electron chi connectivity index (χ2n) is 9.97. The molecule has 0 N–H and O–H groups in total. The predicted molar refractivity (Wildman–Crippen MR) is 133 cm³/mol. The summed E-state index contributed by atoms with van der Waals surface area (Å²) in [4.78, 5) is 0. The molecule has 0 spiro atoms. The average Bonchev–Trinajstić information content (AvgIpc) is 3.41. The van der Waals surface area contributed by atoms with Crippen molar-refractivity contribution in [1.82, 2.24) is 0 Å². The highest BCUT2D eigenvalue weighted by Crippen LogP contribution is 2.40. The fourth-order valence-electron chi connectivity index (χ4n) is 3.63. The van der Waals surface area contributed by atoms with Gasteiger partial charge in [0.1, 0.15) is 0 Å². The molecule has 0 radical (unpaired) electrons. The number of hydrogen-bond donors (Lipinski definition) is 1. The Labute approximate surface area is 181 Å². The van der Waals surface area contributed by atoms with Gasteiger partial charge in [0.2, 0.25) is 0 Å². The van der Waals surface area contributed by atoms with Gasteiger partial charge in [-0.15, -0.1) is 0 Å². The molecule has 2 aliphatic rings. The number of hydrogen-bond acceptors (Lipinski definition) is 1. The molecular formula is C27H44S. The van der Waals surface area contributed by atoms with Crippen LogP contribution in [-0.2, 0) is 12.8 Å². The monoisotopic (exact) mass is 400 g/mol. The summed E-state index contributed by atoms with van der Waals surface area (Å²) < 4.78 is 0. The summed E-state index contributed by atoms with van der Waals surface area (Å²) in [6, 6.07) is 2.42. The lowest BCUT2D eigenvalue weighted by Crippen LogP contribution is -2.00. The molecule has 0 saturated heterocycles. The van der Waals surface area contributed by atoms with Gasteiger partial charge >= 0.3 is 0 Å². The van der Waals surface area contributed by atoms with Gasteiger partial charge in [-0.1, -0.05) is 70.9 Å². The van der Waals surface area contributed by atoms with Crippen molar-refractivity contribution in [3.8, 4) is 0 Å². The SMILES string of the molecule is C=C(C)c1cc2c(c(C)c1/C=C(\C)C1CC1)CC(C)C2.CCC(C)(C)C.CS. The van der Waals surface area contributed by atoms with Crippen molar-refractivity contribution in [3.05, 3.63) is 46.0 Å². The van der Waals surface area contributed by atoms with E-state index in [0.717, 1.165) is 11.8 Å². The molecule has 0 nitrogen and oxygen atoms in total. The van der Waals surface area contributed by atoms with E-state index in [0.29, 0.717) is 5.41 Å². The van der Waals surface area contributed by atoms with Crippen molar-refractivity contribution in [2.45, 2.75) is 87.5 Å². The highest BCUT2D eigenvalue weighted by Gasteiger charge is 2.25. The van der Waals surface area contributed by atoms with Gasteiger partial charge in [-0.05, 0) is 97.8 Å². The smallest absolute Gasteiger partial charge is 0.0150 e. The van der Waals surface area contributed by atoms with Crippen LogP contribution in [0.2, 0.25) is 0 Å². The molecule has 1 heteroatoms. The van der Waals surface area contributed by atoms with Gasteiger partial charge in [0, 0.05) is 0 Å². The van der Waals surface area contributed by atoms with Crippen LogP contribution in [0, 0.1) is 24.2 Å². The van der Waals surface area contributed by atoms with Crippen LogP contribution in [0.15, 0.2) is 18.2 Å². The Morgan fingerprint density at radius 3 is 2.14 bits per heavy atom. The lowest BCUT2D eigenvalue weighted by molar-refractivity contribution is 0.398. The molecule has 1 aromatic carbocycles. The molecule has 2 aliphatic carbocycles. The van der Waals surface area contributed by atoms with E-state index in [2.05, 4.69) is 86.7 Å². The second kappa shape index (κ2) is 10.7. The van der Waals surface area contributed by atoms with Crippen molar-refractivity contribution in [3.63, 3.8) is 0 Å². The van der Waals surface area contributed by atoms with E-state index in [1.54, 1.807) is 23.0 Å². The Balaban J connectivity index is 0.000000422. The van der Waals surface area contributed by atoms with Crippen molar-refractivity contribution in [1.29, 1.82) is 0 Å². The van der Waals surface area contributed by atoms with Gasteiger partial charge < -0.3 is 0 Å². The van der Waals surface area contributed by atoms with Gasteiger partial charge in [0.05, 0.1) is 0 Å². The van der Waals surface area contributed by atoms with Crippen LogP contribution in [-0.4, -0.2) is 6.26 Å². The Bertz CT molecular complexity index is 696. The molecule has 3 rings (SSSR count). The third-order valence-corrected chi connectivity index (χ3v) is 6.09. The van der Waals surface area contributed by atoms with Gasteiger partial charge in [-0.25, -0.2) is 0 Å². The summed E-state index contributed by atoms with van der Waals surface area (Å²) in [6.45, 7) is 22.3. The van der Waals surface area contributed by atoms with E-state index in [4.69, 9.17) is 0 Å². The van der Waals surface area contributed by atoms with Crippen LogP contribution in [0.5, 0.6) is 0 Å². The Kier molecular flexibility index (Phi) is 9.60. The number of rotatable bonds is 3. The minimum atomic E-state index is 0.542. The highest BCUT2D eigenvalue weighted by molar-refractivity contribution is 7.79. The normalized spacial score (nSPS) is 18.5. The van der Waals surface area contributed by atoms with Gasteiger partial charge in [0.25, 0.3) is 0 Å². The van der Waals surface area contributed by atoms with E-state index >= 15 is 0 Å². The maximum absolute atomic E-state index is 4.21. The first-order chi connectivity index (χ1) is 13.0. The lowest BCUT2D eigenvalue weighted by Gasteiger charge is -2.15. The van der Waals surface area contributed by atoms with Crippen LogP contribution in [0.1, 0.15) is 95.5 Å². The summed E-state index contributed by atoms with van der Waals surface area (Å²) in [5.41, 5.74) is 10.8. The Morgan fingerprint density at radius 2 is 1.71 bits per heavy atom. The van der Waals surface area contributed by atoms with E-state index < -0.39 is 0 Å². The van der Waals surface area contributed by atoms with Crippen molar-refractivity contribution >= 4 is 24.3 Å². The molecule has 0 amide bonds. The average molecular weight is 401 g/mol. The van der Waals surface area contributed by atoms with Gasteiger partial charge in [0.15, 0.2) is 0 Å². The maximum atomic E-state index is 4.21. The topological polar surface area (TPSA) is 0 Å². The van der Waals surface area contributed by atoms with E-state index in [1.807, 2.05) is 0 Å². The molecule has 1 aromatic rings. The molecular weight excluding hydrogens is 356 g/mol. The van der Waals surface area contributed by atoms with Crippen LogP contribution in [0.4, 0.5) is 0 Å². The summed E-state index contributed by atoms with van der Waals surface area (Å²) >= 11 is 3.53. The zero-order valence-corrected chi connectivity index (χ0v) is 20.9. The first-order valence-corrected chi connectivity index (χ1v) is 11.9. The molecule has 28 heavy (non-hydrogen) atoms. The standard InChI is InChI=1S/C20H26.C6H14.CH4S/c1-12(2)18-11-17-8-13(3)9-19(17)15(5)20(18)10-14(4)16-6-7-16;1-5-6(2,3)4;1-2/h10-11,13,16H,1,6-9H2,2-5H3;5H2,1-4H3;2H,1H3/b14-10+;;. The van der Waals surface area contributed by atoms with Crippen LogP contribution in [0.25, 0.3) is 11.6 Å². The molecule has 0 heterocycles. The predicted octanol–water partition coefficient (Wildman–Crippen LogP) is 8.56. The summed E-state index contributed by atoms with van der Waals surface area (Å²) in [6.07, 6.45) is 10.7. The minimum absolute atomic E-state index is 0.542. The molecule has 1 atom stereocenters. The quantitative estimate of drug-likeness (QED) is 0.483. The summed E-state index contributed by atoms with van der Waals surface area (Å²) in [5, 5.41) is 0. The van der Waals surface area contributed by atoms with Gasteiger partial charge in [-0.3, -0.25) is 0 Å². The molecule has 0 aromatic heterocycles. The molecule has 1 unspecified atom stereocenters. The highest BCUT2D eigenvalue weighted by atomic mass is 32.1. The van der Waals surface area contributed by atoms with Crippen molar-refractivity contribution in [2.24, 2.45) is 17.3 Å². The van der Waals surface area contributed by atoms with Crippen LogP contribution in [0.3, 0.4) is 0 Å². The number of thiol groups is 1. The zero-order valence-electron chi connectivity index (χ0n) is 20.0. The summed E-state index contributed by atoms with van der Waals surface area (Å²) in [5.74, 6) is 1.64. The number of benzene rings is 1. The zero-order chi connectivity index (χ0) is 21.6. The Morgan fingerprint density at radius 1 is 1.18 bits per heavy atom. The third kappa shape index (κ3) is 7.14. The first kappa shape index (κ1) is 25.1. The van der Waals surface area contributed by atoms with E-state index in [-0.39, 0.29) is 0 Å². The fraction of sp³-hybridized carbons (Fsp3) is 0.630. The minimum Gasteiger partial charge on any atom is -0.183 e. The van der Waals surface area contributed by atoms with E-state index in [9.17, 15) is 0 Å². The summed E-state index contributed by atoms with van der Waals surface area (Å²) in [7, 11) is 0. The first-order valence-electron chi connectivity index (χ1n) is 11.0. The van der Waals surface area contributed by atoms with E-state index in [1.165, 1.54) is 54.4 Å². The molecule has 0 aliphatic heterocycles. The number of allylic oxidation sites excluding steroid dienone is 2.